The van der Waals surface area contributed by atoms with Gasteiger partial charge >= 0.3 is 5.97 Å². The molecule has 9 atom stereocenters. The van der Waals surface area contributed by atoms with Gasteiger partial charge in [0.15, 0.2) is 0 Å². The van der Waals surface area contributed by atoms with Crippen LogP contribution in [0.4, 0.5) is 0 Å². The number of aliphatic hydroxyl groups excluding tert-OH is 1. The van der Waals surface area contributed by atoms with Crippen LogP contribution in [0.2, 0.25) is 0 Å². The van der Waals surface area contributed by atoms with Crippen LogP contribution in [-0.4, -0.2) is 24.3 Å². The molecule has 4 saturated carbocycles. The predicted molar refractivity (Wildman–Crippen MR) is 112 cm³/mol. The van der Waals surface area contributed by atoms with E-state index in [-0.39, 0.29) is 12.1 Å². The van der Waals surface area contributed by atoms with Crippen molar-refractivity contribution in [3.63, 3.8) is 0 Å². The van der Waals surface area contributed by atoms with E-state index < -0.39 is 0 Å². The lowest BCUT2D eigenvalue weighted by molar-refractivity contribution is -0.159. The van der Waals surface area contributed by atoms with E-state index in [1.165, 1.54) is 58.5 Å². The number of fused-ring (bicyclic) bond motifs is 5. The topological polar surface area (TPSA) is 46.5 Å². The molecule has 0 aromatic carbocycles. The minimum atomic E-state index is -0.0790. The van der Waals surface area contributed by atoms with E-state index in [1.807, 2.05) is 0 Å². The van der Waals surface area contributed by atoms with Crippen molar-refractivity contribution in [2.45, 2.75) is 97.5 Å². The quantitative estimate of drug-likeness (QED) is 0.636. The summed E-state index contributed by atoms with van der Waals surface area (Å²) in [6.07, 6.45) is 13.1. The SMILES string of the molecule is COC(=O)CC[C@@H](C)[C@H]1CC[C@H]2[C@@H]3C[C@H](O)[C@H]4CCCC[C@]4(C)[C@H]3CC[C@]12C. The molecule has 0 unspecified atom stereocenters. The van der Waals surface area contributed by atoms with Gasteiger partial charge in [-0.05, 0) is 97.7 Å². The van der Waals surface area contributed by atoms with Crippen molar-refractivity contribution in [3.05, 3.63) is 0 Å². The van der Waals surface area contributed by atoms with Gasteiger partial charge in [-0.15, -0.1) is 0 Å². The highest BCUT2D eigenvalue weighted by Crippen LogP contribution is 2.68. The highest BCUT2D eigenvalue weighted by atomic mass is 16.5. The summed E-state index contributed by atoms with van der Waals surface area (Å²) in [7, 11) is 1.49. The van der Waals surface area contributed by atoms with Gasteiger partial charge in [0.2, 0.25) is 0 Å². The van der Waals surface area contributed by atoms with Gasteiger partial charge in [0.1, 0.15) is 0 Å². The molecule has 4 aliphatic carbocycles. The van der Waals surface area contributed by atoms with Crippen LogP contribution >= 0.6 is 0 Å². The molecule has 0 aromatic rings. The minimum Gasteiger partial charge on any atom is -0.469 e. The molecule has 4 fully saturated rings. The van der Waals surface area contributed by atoms with Crippen LogP contribution in [0.5, 0.6) is 0 Å². The normalized spacial score (nSPS) is 48.9. The van der Waals surface area contributed by atoms with Crippen molar-refractivity contribution >= 4 is 5.97 Å². The van der Waals surface area contributed by atoms with Crippen LogP contribution in [0.25, 0.3) is 0 Å². The zero-order chi connectivity index (χ0) is 20.1. The molecule has 1 N–H and O–H groups in total. The van der Waals surface area contributed by atoms with Crippen LogP contribution in [-0.2, 0) is 9.53 Å². The molecule has 3 heteroatoms. The lowest BCUT2D eigenvalue weighted by Crippen LogP contribution is -2.57. The molecule has 0 aliphatic heterocycles. The number of hydrogen-bond acceptors (Lipinski definition) is 3. The Hall–Kier alpha value is -0.570. The molecule has 0 heterocycles. The van der Waals surface area contributed by atoms with Gasteiger partial charge in [-0.3, -0.25) is 4.79 Å². The van der Waals surface area contributed by atoms with Crippen molar-refractivity contribution in [2.75, 3.05) is 7.11 Å². The molecule has 0 amide bonds. The van der Waals surface area contributed by atoms with E-state index >= 15 is 0 Å². The van der Waals surface area contributed by atoms with Crippen LogP contribution < -0.4 is 0 Å². The highest BCUT2D eigenvalue weighted by molar-refractivity contribution is 5.69. The molecule has 160 valence electrons. The number of methoxy groups -OCH3 is 1. The van der Waals surface area contributed by atoms with E-state index in [0.717, 1.165) is 30.6 Å². The second-order valence-corrected chi connectivity index (χ2v) is 11.4. The average Bonchev–Trinajstić information content (AvgIpc) is 3.03. The van der Waals surface area contributed by atoms with Gasteiger partial charge in [-0.25, -0.2) is 0 Å². The van der Waals surface area contributed by atoms with Crippen LogP contribution in [0.15, 0.2) is 0 Å². The van der Waals surface area contributed by atoms with E-state index in [2.05, 4.69) is 20.8 Å². The molecular formula is C25H42O3. The zero-order valence-corrected chi connectivity index (χ0v) is 18.6. The monoisotopic (exact) mass is 390 g/mol. The molecule has 4 rings (SSSR count). The van der Waals surface area contributed by atoms with Crippen LogP contribution in [0.1, 0.15) is 91.4 Å². The van der Waals surface area contributed by atoms with Crippen molar-refractivity contribution in [1.29, 1.82) is 0 Å². The van der Waals surface area contributed by atoms with Gasteiger partial charge < -0.3 is 9.84 Å². The maximum atomic E-state index is 11.6. The number of carbonyl (C=O) groups excluding carboxylic acids is 1. The lowest BCUT2D eigenvalue weighted by Gasteiger charge is -2.62. The van der Waals surface area contributed by atoms with Gasteiger partial charge in [-0.1, -0.05) is 33.6 Å². The summed E-state index contributed by atoms with van der Waals surface area (Å²) in [6.45, 7) is 7.45. The second-order valence-electron chi connectivity index (χ2n) is 11.4. The Morgan fingerprint density at radius 1 is 1.04 bits per heavy atom. The largest absolute Gasteiger partial charge is 0.469 e. The Kier molecular flexibility index (Phi) is 5.61. The Morgan fingerprint density at radius 3 is 2.54 bits per heavy atom. The lowest BCUT2D eigenvalue weighted by atomic mass is 9.44. The molecule has 0 radical (unpaired) electrons. The zero-order valence-electron chi connectivity index (χ0n) is 18.6. The summed E-state index contributed by atoms with van der Waals surface area (Å²) < 4.78 is 4.87. The predicted octanol–water partition coefficient (Wildman–Crippen LogP) is 5.60. The number of rotatable bonds is 4. The summed E-state index contributed by atoms with van der Waals surface area (Å²) in [4.78, 5) is 11.6. The first kappa shape index (κ1) is 20.7. The second kappa shape index (κ2) is 7.60. The Balaban J connectivity index is 1.52. The van der Waals surface area contributed by atoms with Crippen molar-refractivity contribution in [2.24, 2.45) is 46.3 Å². The highest BCUT2D eigenvalue weighted by Gasteiger charge is 2.61. The first-order valence-electron chi connectivity index (χ1n) is 12.1. The van der Waals surface area contributed by atoms with Crippen LogP contribution in [0.3, 0.4) is 0 Å². The van der Waals surface area contributed by atoms with Gasteiger partial charge in [0.05, 0.1) is 13.2 Å². The third-order valence-electron chi connectivity index (χ3n) is 10.4. The van der Waals surface area contributed by atoms with Crippen molar-refractivity contribution in [3.8, 4) is 0 Å². The minimum absolute atomic E-state index is 0.0677. The molecule has 4 aliphatic rings. The third kappa shape index (κ3) is 3.15. The fraction of sp³-hybridized carbons (Fsp3) is 0.960. The van der Waals surface area contributed by atoms with E-state index in [9.17, 15) is 9.90 Å². The molecule has 0 bridgehead atoms. The summed E-state index contributed by atoms with van der Waals surface area (Å²) in [5.41, 5.74) is 0.769. The maximum absolute atomic E-state index is 11.6. The van der Waals surface area contributed by atoms with E-state index in [4.69, 9.17) is 4.74 Å². The molecule has 0 spiro atoms. The Bertz CT molecular complexity index is 588. The number of ether oxygens (including phenoxy) is 1. The van der Waals surface area contributed by atoms with Crippen LogP contribution in [0, 0.1) is 46.3 Å². The van der Waals surface area contributed by atoms with Gasteiger partial charge in [0.25, 0.3) is 0 Å². The van der Waals surface area contributed by atoms with E-state index in [1.54, 1.807) is 0 Å². The molecular weight excluding hydrogens is 348 g/mol. The maximum Gasteiger partial charge on any atom is 0.305 e. The molecule has 0 saturated heterocycles. The smallest absolute Gasteiger partial charge is 0.305 e. The van der Waals surface area contributed by atoms with Gasteiger partial charge in [0, 0.05) is 6.42 Å². The first-order valence-corrected chi connectivity index (χ1v) is 12.1. The Morgan fingerprint density at radius 2 is 1.79 bits per heavy atom. The molecule has 0 aromatic heterocycles. The standard InChI is InChI=1S/C25H42O3/c1-16(8-11-23(27)28-4)18-9-10-19-17-15-22(26)21-7-5-6-13-24(21,2)20(17)12-14-25(18,19)3/h16-22,26H,5-15H2,1-4H3/t16-,17+,18-,19+,20+,21-,22+,24-,25-/m1/s1. The number of esters is 1. The average molecular weight is 391 g/mol. The summed E-state index contributed by atoms with van der Waals surface area (Å²) in [5, 5.41) is 11.1. The van der Waals surface area contributed by atoms with Gasteiger partial charge in [-0.2, -0.15) is 0 Å². The fourth-order valence-electron chi connectivity index (χ4n) is 8.98. The summed E-state index contributed by atoms with van der Waals surface area (Å²) >= 11 is 0. The number of carbonyl (C=O) groups is 1. The third-order valence-corrected chi connectivity index (χ3v) is 10.4. The summed E-state index contributed by atoms with van der Waals surface area (Å²) in [6, 6.07) is 0. The Labute approximate surface area is 172 Å². The number of aliphatic hydroxyl groups is 1. The first-order chi connectivity index (χ1) is 13.3. The molecule has 28 heavy (non-hydrogen) atoms. The van der Waals surface area contributed by atoms with Crippen molar-refractivity contribution < 1.29 is 14.6 Å². The molecule has 3 nitrogen and oxygen atoms in total. The van der Waals surface area contributed by atoms with Crippen molar-refractivity contribution in [1.82, 2.24) is 0 Å². The number of hydrogen-bond donors (Lipinski definition) is 1. The van der Waals surface area contributed by atoms with E-state index in [0.29, 0.717) is 35.0 Å². The summed E-state index contributed by atoms with van der Waals surface area (Å²) in [5.74, 6) is 4.08. The fourth-order valence-corrected chi connectivity index (χ4v) is 8.98.